The van der Waals surface area contributed by atoms with Crippen molar-refractivity contribution in [2.24, 2.45) is 5.16 Å². The number of oxime groups is 1. The van der Waals surface area contributed by atoms with Gasteiger partial charge in [0.05, 0.1) is 6.61 Å². The van der Waals surface area contributed by atoms with Crippen LogP contribution in [0.1, 0.15) is 26.5 Å². The van der Waals surface area contributed by atoms with Crippen LogP contribution < -0.4 is 4.74 Å². The highest BCUT2D eigenvalue weighted by Gasteiger charge is 2.36. The lowest BCUT2D eigenvalue weighted by Crippen LogP contribution is -2.41. The second-order valence-electron chi connectivity index (χ2n) is 5.77. The molecule has 0 aliphatic rings. The summed E-state index contributed by atoms with van der Waals surface area (Å²) in [6.07, 6.45) is 0. The lowest BCUT2D eigenvalue weighted by molar-refractivity contribution is 0.189. The van der Waals surface area contributed by atoms with Crippen molar-refractivity contribution in [1.82, 2.24) is 10.3 Å². The molecule has 0 aromatic carbocycles. The van der Waals surface area contributed by atoms with E-state index < -0.39 is 8.32 Å². The molecule has 0 aliphatic carbocycles. The summed E-state index contributed by atoms with van der Waals surface area (Å²) >= 11 is 5.62. The van der Waals surface area contributed by atoms with Gasteiger partial charge >= 0.3 is 0 Å². The van der Waals surface area contributed by atoms with Gasteiger partial charge in [0.15, 0.2) is 8.32 Å². The number of halogens is 1. The van der Waals surface area contributed by atoms with Crippen LogP contribution in [0.25, 0.3) is 0 Å². The molecule has 0 fully saturated rings. The minimum atomic E-state index is -1.80. The maximum absolute atomic E-state index is 8.57. The number of hydrogen-bond donors (Lipinski definition) is 1. The molecule has 1 rings (SSSR count). The Morgan fingerprint density at radius 3 is 2.55 bits per heavy atom. The van der Waals surface area contributed by atoms with Crippen LogP contribution in [-0.4, -0.2) is 42.2 Å². The highest BCUT2D eigenvalue weighted by molar-refractivity contribution is 6.74. The molecule has 1 aromatic rings. The summed E-state index contributed by atoms with van der Waals surface area (Å²) < 4.78 is 15.8. The molecule has 9 heteroatoms. The molecule has 0 spiro atoms. The Morgan fingerprint density at radius 1 is 1.35 bits per heavy atom. The molecule has 0 bridgehead atoms. The number of aromatic nitrogens is 2. The topological polar surface area (TPSA) is 90.0 Å². The SMILES string of the molecule is CC(C)(C)[Si](C)(C)OCCOc1nonc1/C(Cl)=N/O. The van der Waals surface area contributed by atoms with Gasteiger partial charge in [-0.3, -0.25) is 0 Å². The Kier molecular flexibility index (Phi) is 5.55. The summed E-state index contributed by atoms with van der Waals surface area (Å²) in [7, 11) is -1.80. The molecule has 20 heavy (non-hydrogen) atoms. The lowest BCUT2D eigenvalue weighted by Gasteiger charge is -2.36. The summed E-state index contributed by atoms with van der Waals surface area (Å²) in [6, 6.07) is 0. The second-order valence-corrected chi connectivity index (χ2v) is 10.9. The quantitative estimate of drug-likeness (QED) is 0.285. The normalized spacial score (nSPS) is 13.6. The van der Waals surface area contributed by atoms with E-state index in [1.807, 2.05) is 0 Å². The molecule has 0 aliphatic heterocycles. The molecular weight excluding hydrogens is 302 g/mol. The van der Waals surface area contributed by atoms with Crippen LogP contribution in [0.5, 0.6) is 5.88 Å². The standard InChI is InChI=1S/C11H20ClN3O4Si/c1-11(2,3)20(4,5)18-7-6-17-10-8(9(12)13-16)14-19-15-10/h16H,6-7H2,1-5H3/b13-9-. The van der Waals surface area contributed by atoms with E-state index in [-0.39, 0.29) is 28.4 Å². The van der Waals surface area contributed by atoms with E-state index >= 15 is 0 Å². The van der Waals surface area contributed by atoms with Gasteiger partial charge in [0.1, 0.15) is 6.61 Å². The van der Waals surface area contributed by atoms with Gasteiger partial charge in [0.25, 0.3) is 5.88 Å². The van der Waals surface area contributed by atoms with Crippen molar-refractivity contribution in [3.63, 3.8) is 0 Å². The summed E-state index contributed by atoms with van der Waals surface area (Å²) in [5.41, 5.74) is 0.0569. The Bertz CT molecular complexity index is 470. The number of nitrogens with zero attached hydrogens (tertiary/aromatic N) is 3. The maximum atomic E-state index is 8.57. The van der Waals surface area contributed by atoms with E-state index in [1.54, 1.807) is 0 Å². The van der Waals surface area contributed by atoms with Crippen molar-refractivity contribution < 1.29 is 19.0 Å². The highest BCUT2D eigenvalue weighted by Crippen LogP contribution is 2.36. The van der Waals surface area contributed by atoms with Crippen molar-refractivity contribution in [3.05, 3.63) is 5.69 Å². The third-order valence-corrected chi connectivity index (χ3v) is 8.13. The van der Waals surface area contributed by atoms with Crippen LogP contribution >= 0.6 is 11.6 Å². The Labute approximate surface area is 124 Å². The molecule has 7 nitrogen and oxygen atoms in total. The van der Waals surface area contributed by atoms with Gasteiger partial charge in [0.2, 0.25) is 10.9 Å². The molecule has 0 radical (unpaired) electrons. The average Bonchev–Trinajstić information content (AvgIpc) is 2.80. The molecule has 1 N–H and O–H groups in total. The molecule has 0 saturated heterocycles. The zero-order valence-corrected chi connectivity index (χ0v) is 14.1. The third-order valence-electron chi connectivity index (χ3n) is 3.33. The summed E-state index contributed by atoms with van der Waals surface area (Å²) in [6.45, 7) is 11.5. The number of hydrogen-bond acceptors (Lipinski definition) is 7. The van der Waals surface area contributed by atoms with Crippen molar-refractivity contribution in [2.75, 3.05) is 13.2 Å². The Morgan fingerprint density at radius 2 is 2.00 bits per heavy atom. The average molecular weight is 322 g/mol. The fraction of sp³-hybridized carbons (Fsp3) is 0.727. The smallest absolute Gasteiger partial charge is 0.286 e. The van der Waals surface area contributed by atoms with Crippen LogP contribution in [-0.2, 0) is 4.43 Å². The largest absolute Gasteiger partial charge is 0.471 e. The Hall–Kier alpha value is -1.12. The van der Waals surface area contributed by atoms with Gasteiger partial charge < -0.3 is 14.4 Å². The van der Waals surface area contributed by atoms with Crippen LogP contribution in [0.15, 0.2) is 9.78 Å². The van der Waals surface area contributed by atoms with E-state index in [0.29, 0.717) is 6.61 Å². The molecule has 0 amide bonds. The fourth-order valence-electron chi connectivity index (χ4n) is 1.10. The van der Waals surface area contributed by atoms with Crippen molar-refractivity contribution in [3.8, 4) is 5.88 Å². The van der Waals surface area contributed by atoms with Gasteiger partial charge in [-0.2, -0.15) is 0 Å². The second kappa shape index (κ2) is 6.55. The van der Waals surface area contributed by atoms with Gasteiger partial charge in [-0.1, -0.05) is 37.5 Å². The van der Waals surface area contributed by atoms with E-state index in [4.69, 9.17) is 26.0 Å². The molecular formula is C11H20ClN3O4Si. The van der Waals surface area contributed by atoms with Crippen LogP contribution in [0.4, 0.5) is 0 Å². The highest BCUT2D eigenvalue weighted by atomic mass is 35.5. The fourth-order valence-corrected chi connectivity index (χ4v) is 2.24. The van der Waals surface area contributed by atoms with Crippen molar-refractivity contribution in [2.45, 2.75) is 38.9 Å². The van der Waals surface area contributed by atoms with E-state index in [9.17, 15) is 0 Å². The van der Waals surface area contributed by atoms with E-state index in [0.717, 1.165) is 0 Å². The van der Waals surface area contributed by atoms with Crippen LogP contribution in [0.2, 0.25) is 18.1 Å². The molecule has 1 aromatic heterocycles. The van der Waals surface area contributed by atoms with Crippen molar-refractivity contribution in [1.29, 1.82) is 0 Å². The monoisotopic (exact) mass is 321 g/mol. The predicted molar refractivity (Wildman–Crippen MR) is 77.1 cm³/mol. The van der Waals surface area contributed by atoms with Gasteiger partial charge in [0, 0.05) is 0 Å². The first kappa shape index (κ1) is 16.9. The zero-order valence-electron chi connectivity index (χ0n) is 12.3. The van der Waals surface area contributed by atoms with E-state index in [2.05, 4.69) is 54.0 Å². The molecule has 0 saturated carbocycles. The summed E-state index contributed by atoms with van der Waals surface area (Å²) in [4.78, 5) is 0. The maximum Gasteiger partial charge on any atom is 0.286 e. The molecule has 0 atom stereocenters. The van der Waals surface area contributed by atoms with Gasteiger partial charge in [-0.05, 0) is 28.4 Å². The minimum absolute atomic E-state index is 0.0569. The Balaban J connectivity index is 2.49. The number of ether oxygens (including phenoxy) is 1. The van der Waals surface area contributed by atoms with Gasteiger partial charge in [-0.25, -0.2) is 4.63 Å². The van der Waals surface area contributed by atoms with E-state index in [1.165, 1.54) is 0 Å². The third kappa shape index (κ3) is 4.19. The first-order chi connectivity index (χ1) is 9.19. The summed E-state index contributed by atoms with van der Waals surface area (Å²) in [5, 5.41) is 18.3. The zero-order chi connectivity index (χ0) is 15.4. The predicted octanol–water partition coefficient (Wildman–Crippen LogP) is 2.84. The first-order valence-corrected chi connectivity index (χ1v) is 9.45. The van der Waals surface area contributed by atoms with Crippen LogP contribution in [0, 0.1) is 0 Å². The molecule has 114 valence electrons. The van der Waals surface area contributed by atoms with Gasteiger partial charge in [-0.15, -0.1) is 0 Å². The first-order valence-electron chi connectivity index (χ1n) is 6.16. The summed E-state index contributed by atoms with van der Waals surface area (Å²) in [5.74, 6) is 0.0756. The molecule has 1 heterocycles. The van der Waals surface area contributed by atoms with Crippen molar-refractivity contribution >= 4 is 25.1 Å². The minimum Gasteiger partial charge on any atom is -0.471 e. The number of rotatable bonds is 6. The molecule has 0 unspecified atom stereocenters. The van der Waals surface area contributed by atoms with Crippen LogP contribution in [0.3, 0.4) is 0 Å². The lowest BCUT2D eigenvalue weighted by atomic mass is 10.2.